The van der Waals surface area contributed by atoms with Crippen molar-refractivity contribution in [2.75, 3.05) is 13.1 Å². The Bertz CT molecular complexity index is 336. The van der Waals surface area contributed by atoms with Crippen molar-refractivity contribution in [1.29, 1.82) is 0 Å². The molecular formula is C15H28N2O3. The Morgan fingerprint density at radius 1 is 1.30 bits per heavy atom. The van der Waals surface area contributed by atoms with Gasteiger partial charge in [0, 0.05) is 13.0 Å². The molecule has 1 fully saturated rings. The number of hydrogen-bond donors (Lipinski definition) is 3. The number of hydrogen-bond acceptors (Lipinski definition) is 3. The summed E-state index contributed by atoms with van der Waals surface area (Å²) in [6, 6.07) is 0. The van der Waals surface area contributed by atoms with Gasteiger partial charge in [-0.3, -0.25) is 9.59 Å². The van der Waals surface area contributed by atoms with E-state index in [0.29, 0.717) is 31.7 Å². The molecular weight excluding hydrogens is 256 g/mol. The quantitative estimate of drug-likeness (QED) is 0.633. The van der Waals surface area contributed by atoms with Crippen LogP contribution in [-0.4, -0.2) is 30.1 Å². The van der Waals surface area contributed by atoms with Crippen LogP contribution in [0.2, 0.25) is 0 Å². The van der Waals surface area contributed by atoms with E-state index >= 15 is 0 Å². The molecule has 1 aliphatic rings. The standard InChI is InChI=1S/C15H28N2O3/c1-11(2)7-12(9-16)8-13(18)17-10-15(14(19)20)5-3-4-6-15/h11-12H,3-10,16H2,1-2H3,(H,17,18)(H,19,20). The van der Waals surface area contributed by atoms with E-state index in [-0.39, 0.29) is 18.4 Å². The molecule has 0 aromatic rings. The van der Waals surface area contributed by atoms with Gasteiger partial charge in [0.05, 0.1) is 5.41 Å². The maximum Gasteiger partial charge on any atom is 0.311 e. The summed E-state index contributed by atoms with van der Waals surface area (Å²) in [5, 5.41) is 12.2. The Morgan fingerprint density at radius 2 is 1.90 bits per heavy atom. The van der Waals surface area contributed by atoms with Crippen LogP contribution in [0, 0.1) is 17.3 Å². The minimum absolute atomic E-state index is 0.0753. The van der Waals surface area contributed by atoms with E-state index in [9.17, 15) is 14.7 Å². The molecule has 1 amide bonds. The average Bonchev–Trinajstić information content (AvgIpc) is 2.85. The zero-order valence-corrected chi connectivity index (χ0v) is 12.7. The molecule has 116 valence electrons. The molecule has 0 aromatic carbocycles. The summed E-state index contributed by atoms with van der Waals surface area (Å²) in [6.07, 6.45) is 4.50. The fraction of sp³-hybridized carbons (Fsp3) is 0.867. The summed E-state index contributed by atoms with van der Waals surface area (Å²) in [5.74, 6) is -0.169. The SMILES string of the molecule is CC(C)CC(CN)CC(=O)NCC1(C(=O)O)CCCC1. The van der Waals surface area contributed by atoms with Crippen LogP contribution >= 0.6 is 0 Å². The monoisotopic (exact) mass is 284 g/mol. The van der Waals surface area contributed by atoms with Crippen LogP contribution in [0.3, 0.4) is 0 Å². The third kappa shape index (κ3) is 4.78. The molecule has 1 aliphatic carbocycles. The van der Waals surface area contributed by atoms with Crippen molar-refractivity contribution in [1.82, 2.24) is 5.32 Å². The van der Waals surface area contributed by atoms with Crippen molar-refractivity contribution < 1.29 is 14.7 Å². The van der Waals surface area contributed by atoms with Crippen LogP contribution in [0.5, 0.6) is 0 Å². The van der Waals surface area contributed by atoms with Crippen LogP contribution < -0.4 is 11.1 Å². The molecule has 0 heterocycles. The van der Waals surface area contributed by atoms with Crippen LogP contribution in [0.1, 0.15) is 52.4 Å². The molecule has 5 nitrogen and oxygen atoms in total. The van der Waals surface area contributed by atoms with Gasteiger partial charge in [0.25, 0.3) is 0 Å². The van der Waals surface area contributed by atoms with Gasteiger partial charge in [-0.1, -0.05) is 26.7 Å². The van der Waals surface area contributed by atoms with E-state index in [1.165, 1.54) is 0 Å². The molecule has 0 spiro atoms. The minimum Gasteiger partial charge on any atom is -0.481 e. The Kier molecular flexibility index (Phi) is 6.46. The van der Waals surface area contributed by atoms with Crippen LogP contribution in [0.4, 0.5) is 0 Å². The first-order valence-corrected chi connectivity index (χ1v) is 7.60. The zero-order chi connectivity index (χ0) is 15.2. The number of aliphatic carboxylic acids is 1. The summed E-state index contributed by atoms with van der Waals surface area (Å²) >= 11 is 0. The number of carboxylic acids is 1. The van der Waals surface area contributed by atoms with Gasteiger partial charge in [0.15, 0.2) is 0 Å². The number of amides is 1. The first-order chi connectivity index (χ1) is 9.39. The summed E-state index contributed by atoms with van der Waals surface area (Å²) in [5.41, 5.74) is 4.94. The van der Waals surface area contributed by atoms with Gasteiger partial charge in [-0.25, -0.2) is 0 Å². The fourth-order valence-corrected chi connectivity index (χ4v) is 3.05. The summed E-state index contributed by atoms with van der Waals surface area (Å²) < 4.78 is 0. The maximum atomic E-state index is 12.0. The third-order valence-corrected chi connectivity index (χ3v) is 4.25. The first-order valence-electron chi connectivity index (χ1n) is 7.60. The minimum atomic E-state index is -0.784. The Hall–Kier alpha value is -1.10. The number of nitrogens with one attached hydrogen (secondary N) is 1. The lowest BCUT2D eigenvalue weighted by molar-refractivity contribution is -0.148. The predicted molar refractivity (Wildman–Crippen MR) is 78.2 cm³/mol. The second-order valence-electron chi connectivity index (χ2n) is 6.50. The Morgan fingerprint density at radius 3 is 2.35 bits per heavy atom. The van der Waals surface area contributed by atoms with E-state index < -0.39 is 11.4 Å². The lowest BCUT2D eigenvalue weighted by atomic mass is 9.86. The van der Waals surface area contributed by atoms with Gasteiger partial charge >= 0.3 is 5.97 Å². The number of nitrogens with two attached hydrogens (primary N) is 1. The molecule has 1 unspecified atom stereocenters. The van der Waals surface area contributed by atoms with Crippen molar-refractivity contribution in [3.05, 3.63) is 0 Å². The maximum absolute atomic E-state index is 12.0. The number of carbonyl (C=O) groups is 2. The van der Waals surface area contributed by atoms with E-state index in [2.05, 4.69) is 19.2 Å². The van der Waals surface area contributed by atoms with Crippen molar-refractivity contribution in [2.45, 2.75) is 52.4 Å². The van der Waals surface area contributed by atoms with Crippen molar-refractivity contribution in [2.24, 2.45) is 23.0 Å². The van der Waals surface area contributed by atoms with Crippen molar-refractivity contribution >= 4 is 11.9 Å². The molecule has 1 saturated carbocycles. The largest absolute Gasteiger partial charge is 0.481 e. The van der Waals surface area contributed by atoms with Crippen LogP contribution in [0.15, 0.2) is 0 Å². The highest BCUT2D eigenvalue weighted by Crippen LogP contribution is 2.37. The third-order valence-electron chi connectivity index (χ3n) is 4.25. The highest BCUT2D eigenvalue weighted by atomic mass is 16.4. The number of carbonyl (C=O) groups excluding carboxylic acids is 1. The van der Waals surface area contributed by atoms with E-state index in [4.69, 9.17) is 5.73 Å². The molecule has 20 heavy (non-hydrogen) atoms. The van der Waals surface area contributed by atoms with Crippen LogP contribution in [0.25, 0.3) is 0 Å². The average molecular weight is 284 g/mol. The topological polar surface area (TPSA) is 92.4 Å². The summed E-state index contributed by atoms with van der Waals surface area (Å²) in [4.78, 5) is 23.3. The molecule has 0 aliphatic heterocycles. The lowest BCUT2D eigenvalue weighted by Gasteiger charge is -2.24. The van der Waals surface area contributed by atoms with Gasteiger partial charge in [0.1, 0.15) is 0 Å². The van der Waals surface area contributed by atoms with E-state index in [1.54, 1.807) is 0 Å². The number of carboxylic acid groups (broad SMARTS) is 1. The van der Waals surface area contributed by atoms with Gasteiger partial charge < -0.3 is 16.2 Å². The lowest BCUT2D eigenvalue weighted by Crippen LogP contribution is -2.42. The smallest absolute Gasteiger partial charge is 0.311 e. The van der Waals surface area contributed by atoms with Crippen molar-refractivity contribution in [3.8, 4) is 0 Å². The Labute approximate surface area is 121 Å². The summed E-state index contributed by atoms with van der Waals surface area (Å²) in [7, 11) is 0. The molecule has 0 radical (unpaired) electrons. The summed E-state index contributed by atoms with van der Waals surface area (Å²) in [6.45, 7) is 4.97. The van der Waals surface area contributed by atoms with Gasteiger partial charge in [-0.15, -0.1) is 0 Å². The molecule has 0 aromatic heterocycles. The van der Waals surface area contributed by atoms with Crippen molar-refractivity contribution in [3.63, 3.8) is 0 Å². The van der Waals surface area contributed by atoms with Gasteiger partial charge in [0.2, 0.25) is 5.91 Å². The molecule has 5 heteroatoms. The normalized spacial score (nSPS) is 19.0. The second-order valence-corrected chi connectivity index (χ2v) is 6.50. The molecule has 0 saturated heterocycles. The zero-order valence-electron chi connectivity index (χ0n) is 12.7. The highest BCUT2D eigenvalue weighted by molar-refractivity contribution is 5.79. The first kappa shape index (κ1) is 17.0. The second kappa shape index (κ2) is 7.62. The van der Waals surface area contributed by atoms with Gasteiger partial charge in [-0.05, 0) is 37.6 Å². The fourth-order valence-electron chi connectivity index (χ4n) is 3.05. The molecule has 0 bridgehead atoms. The molecule has 4 N–H and O–H groups in total. The van der Waals surface area contributed by atoms with E-state index in [0.717, 1.165) is 19.3 Å². The molecule has 1 atom stereocenters. The highest BCUT2D eigenvalue weighted by Gasteiger charge is 2.41. The Balaban J connectivity index is 2.43. The van der Waals surface area contributed by atoms with E-state index in [1.807, 2.05) is 0 Å². The number of rotatable bonds is 8. The van der Waals surface area contributed by atoms with Gasteiger partial charge in [-0.2, -0.15) is 0 Å². The van der Waals surface area contributed by atoms with Crippen LogP contribution in [-0.2, 0) is 9.59 Å². The predicted octanol–water partition coefficient (Wildman–Crippen LogP) is 1.76. The molecule has 1 rings (SSSR count).